The number of amides is 2. The van der Waals surface area contributed by atoms with Crippen molar-refractivity contribution in [3.05, 3.63) is 83.7 Å². The first kappa shape index (κ1) is 22.5. The fraction of sp³-hybridized carbons (Fsp3) is 0.222. The molecule has 0 unspecified atom stereocenters. The minimum absolute atomic E-state index is 0.222. The third-order valence-electron chi connectivity index (χ3n) is 6.06. The first-order chi connectivity index (χ1) is 17.0. The number of rotatable bonds is 5. The number of aromatic nitrogens is 2. The maximum Gasteiger partial charge on any atom is 0.323 e. The highest BCUT2D eigenvalue weighted by molar-refractivity contribution is 5.83. The number of ether oxygens (including phenoxy) is 1. The van der Waals surface area contributed by atoms with Gasteiger partial charge in [-0.2, -0.15) is 0 Å². The number of aromatic amines is 1. The van der Waals surface area contributed by atoms with Gasteiger partial charge in [-0.1, -0.05) is 42.5 Å². The van der Waals surface area contributed by atoms with E-state index in [1.165, 1.54) is 4.90 Å². The zero-order valence-corrected chi connectivity index (χ0v) is 19.4. The lowest BCUT2D eigenvalue weighted by Gasteiger charge is -2.28. The molecule has 178 valence electrons. The average molecular weight is 471 g/mol. The second-order valence-electron chi connectivity index (χ2n) is 8.66. The number of H-pyrrole nitrogens is 1. The molecule has 3 aromatic carbocycles. The molecular weight excluding hydrogens is 444 g/mol. The van der Waals surface area contributed by atoms with Gasteiger partial charge in [0.2, 0.25) is 0 Å². The van der Waals surface area contributed by atoms with E-state index < -0.39 is 5.97 Å². The van der Waals surface area contributed by atoms with Gasteiger partial charge in [0.15, 0.2) is 0 Å². The molecule has 0 bridgehead atoms. The van der Waals surface area contributed by atoms with E-state index >= 15 is 0 Å². The lowest BCUT2D eigenvalue weighted by atomic mass is 10.0. The van der Waals surface area contributed by atoms with Crippen LogP contribution in [0.4, 0.5) is 4.79 Å². The smallest absolute Gasteiger partial charge is 0.323 e. The molecule has 8 nitrogen and oxygen atoms in total. The zero-order valence-electron chi connectivity index (χ0n) is 19.4. The van der Waals surface area contributed by atoms with Crippen LogP contribution < -0.4 is 4.74 Å². The Kier molecular flexibility index (Phi) is 6.10. The molecular formula is C27H26N4O4. The van der Waals surface area contributed by atoms with Crippen molar-refractivity contribution >= 4 is 23.0 Å². The molecule has 0 aliphatic carbocycles. The molecule has 2 heterocycles. The highest BCUT2D eigenvalue weighted by Crippen LogP contribution is 2.31. The molecule has 0 saturated heterocycles. The third kappa shape index (κ3) is 4.96. The maximum atomic E-state index is 13.4. The number of nitrogens with zero attached hydrogens (tertiary/aromatic N) is 3. The van der Waals surface area contributed by atoms with Gasteiger partial charge in [0.1, 0.15) is 24.7 Å². The first-order valence-electron chi connectivity index (χ1n) is 11.5. The molecule has 1 aromatic heterocycles. The van der Waals surface area contributed by atoms with Crippen molar-refractivity contribution in [3.8, 4) is 16.9 Å². The number of hydrogen-bond acceptors (Lipinski definition) is 4. The number of carboxylic acids is 1. The SMILES string of the molecule is Cc1nc2ccc(-c3ccc4c(c3)CN(C(=O)N(CC(=O)O)Cc3ccccc3)CCO4)cc2[nH]1. The van der Waals surface area contributed by atoms with Gasteiger partial charge < -0.3 is 24.6 Å². The second-order valence-corrected chi connectivity index (χ2v) is 8.66. The van der Waals surface area contributed by atoms with E-state index in [-0.39, 0.29) is 19.1 Å². The van der Waals surface area contributed by atoms with E-state index in [0.29, 0.717) is 19.7 Å². The van der Waals surface area contributed by atoms with E-state index in [2.05, 4.69) is 16.0 Å². The molecule has 4 aromatic rings. The summed E-state index contributed by atoms with van der Waals surface area (Å²) in [4.78, 5) is 35.7. The largest absolute Gasteiger partial charge is 0.491 e. The molecule has 1 aliphatic rings. The van der Waals surface area contributed by atoms with Gasteiger partial charge in [-0.15, -0.1) is 0 Å². The summed E-state index contributed by atoms with van der Waals surface area (Å²) in [6, 6.07) is 21.1. The summed E-state index contributed by atoms with van der Waals surface area (Å²) < 4.78 is 5.93. The summed E-state index contributed by atoms with van der Waals surface area (Å²) in [6.45, 7) is 2.81. The number of nitrogens with one attached hydrogen (secondary N) is 1. The predicted octanol–water partition coefficient (Wildman–Crippen LogP) is 4.44. The molecule has 0 spiro atoms. The fourth-order valence-corrected chi connectivity index (χ4v) is 4.41. The molecule has 0 fully saturated rings. The highest BCUT2D eigenvalue weighted by atomic mass is 16.5. The van der Waals surface area contributed by atoms with Crippen molar-refractivity contribution in [3.63, 3.8) is 0 Å². The zero-order chi connectivity index (χ0) is 24.4. The van der Waals surface area contributed by atoms with Gasteiger partial charge in [-0.25, -0.2) is 9.78 Å². The van der Waals surface area contributed by atoms with Crippen LogP contribution in [0.2, 0.25) is 0 Å². The van der Waals surface area contributed by atoms with Crippen LogP contribution >= 0.6 is 0 Å². The fourth-order valence-electron chi connectivity index (χ4n) is 4.41. The van der Waals surface area contributed by atoms with Crippen LogP contribution in [0.25, 0.3) is 22.2 Å². The number of carboxylic acid groups (broad SMARTS) is 1. The third-order valence-corrected chi connectivity index (χ3v) is 6.06. The van der Waals surface area contributed by atoms with E-state index in [0.717, 1.165) is 44.9 Å². The molecule has 0 saturated carbocycles. The Morgan fingerprint density at radius 1 is 1.09 bits per heavy atom. The monoisotopic (exact) mass is 470 g/mol. The van der Waals surface area contributed by atoms with Gasteiger partial charge in [-0.3, -0.25) is 4.79 Å². The summed E-state index contributed by atoms with van der Waals surface area (Å²) in [7, 11) is 0. The summed E-state index contributed by atoms with van der Waals surface area (Å²) in [5, 5.41) is 9.42. The van der Waals surface area contributed by atoms with Crippen molar-refractivity contribution < 1.29 is 19.4 Å². The van der Waals surface area contributed by atoms with Crippen LogP contribution in [-0.2, 0) is 17.9 Å². The molecule has 0 atom stereocenters. The number of aliphatic carboxylic acids is 1. The lowest BCUT2D eigenvalue weighted by Crippen LogP contribution is -2.45. The second kappa shape index (κ2) is 9.50. The standard InChI is InChI=1S/C27H26N4O4/c1-18-28-23-9-7-21(14-24(23)29-18)20-8-10-25-22(13-20)16-30(11-12-35-25)27(34)31(17-26(32)33)15-19-5-3-2-4-6-19/h2-10,13-14H,11-12,15-17H2,1H3,(H,28,29)(H,32,33). The molecule has 35 heavy (non-hydrogen) atoms. The Balaban J connectivity index is 1.41. The number of urea groups is 1. The number of carbonyl (C=O) groups is 2. The van der Waals surface area contributed by atoms with Crippen LogP contribution in [0, 0.1) is 6.92 Å². The van der Waals surface area contributed by atoms with Crippen LogP contribution in [-0.4, -0.2) is 56.6 Å². The van der Waals surface area contributed by atoms with Gasteiger partial charge in [-0.05, 0) is 47.9 Å². The summed E-state index contributed by atoms with van der Waals surface area (Å²) in [5.41, 5.74) is 5.67. The van der Waals surface area contributed by atoms with Gasteiger partial charge >= 0.3 is 12.0 Å². The van der Waals surface area contributed by atoms with Crippen molar-refractivity contribution in [2.45, 2.75) is 20.0 Å². The molecule has 5 rings (SSSR count). The van der Waals surface area contributed by atoms with Gasteiger partial charge in [0.25, 0.3) is 0 Å². The maximum absolute atomic E-state index is 13.4. The minimum atomic E-state index is -1.05. The number of fused-ring (bicyclic) bond motifs is 2. The van der Waals surface area contributed by atoms with Gasteiger partial charge in [0, 0.05) is 12.1 Å². The molecule has 1 aliphatic heterocycles. The Morgan fingerprint density at radius 2 is 1.86 bits per heavy atom. The highest BCUT2D eigenvalue weighted by Gasteiger charge is 2.26. The van der Waals surface area contributed by atoms with Crippen molar-refractivity contribution in [2.75, 3.05) is 19.7 Å². The summed E-state index contributed by atoms with van der Waals surface area (Å²) >= 11 is 0. The normalized spacial score (nSPS) is 13.1. The van der Waals surface area contributed by atoms with E-state index in [1.807, 2.05) is 67.6 Å². The summed E-state index contributed by atoms with van der Waals surface area (Å²) in [5.74, 6) is 0.547. The molecule has 2 amide bonds. The molecule has 2 N–H and O–H groups in total. The van der Waals surface area contributed by atoms with Crippen molar-refractivity contribution in [1.82, 2.24) is 19.8 Å². The first-order valence-corrected chi connectivity index (χ1v) is 11.5. The Labute approximate surface area is 202 Å². The Morgan fingerprint density at radius 3 is 2.66 bits per heavy atom. The number of imidazole rings is 1. The van der Waals surface area contributed by atoms with E-state index in [9.17, 15) is 14.7 Å². The van der Waals surface area contributed by atoms with Crippen LogP contribution in [0.5, 0.6) is 5.75 Å². The van der Waals surface area contributed by atoms with Crippen molar-refractivity contribution in [1.29, 1.82) is 0 Å². The number of hydrogen-bond donors (Lipinski definition) is 2. The number of carbonyl (C=O) groups excluding carboxylic acids is 1. The lowest BCUT2D eigenvalue weighted by molar-refractivity contribution is -0.137. The number of benzene rings is 3. The minimum Gasteiger partial charge on any atom is -0.491 e. The van der Waals surface area contributed by atoms with Crippen LogP contribution in [0.15, 0.2) is 66.7 Å². The van der Waals surface area contributed by atoms with Crippen molar-refractivity contribution in [2.24, 2.45) is 0 Å². The van der Waals surface area contributed by atoms with E-state index in [4.69, 9.17) is 4.74 Å². The number of aryl methyl sites for hydroxylation is 1. The Hall–Kier alpha value is -4.33. The summed E-state index contributed by atoms with van der Waals surface area (Å²) in [6.07, 6.45) is 0. The topological polar surface area (TPSA) is 98.8 Å². The van der Waals surface area contributed by atoms with Crippen LogP contribution in [0.1, 0.15) is 17.0 Å². The van der Waals surface area contributed by atoms with E-state index in [1.54, 1.807) is 4.90 Å². The van der Waals surface area contributed by atoms with Crippen LogP contribution in [0.3, 0.4) is 0 Å². The predicted molar refractivity (Wildman–Crippen MR) is 132 cm³/mol. The Bertz CT molecular complexity index is 1380. The quantitative estimate of drug-likeness (QED) is 0.449. The average Bonchev–Trinajstić information content (AvgIpc) is 3.09. The molecule has 0 radical (unpaired) electrons. The van der Waals surface area contributed by atoms with Gasteiger partial charge in [0.05, 0.1) is 24.1 Å². The molecule has 8 heteroatoms.